The molecular formula is C22H30O3. The zero-order valence-corrected chi connectivity index (χ0v) is 15.9. The van der Waals surface area contributed by atoms with Crippen LogP contribution in [-0.4, -0.2) is 16.7 Å². The fraction of sp³-hybridized carbons (Fsp3) is 0.500. The molecule has 1 N–H and O–H groups in total. The third-order valence-electron chi connectivity index (χ3n) is 4.67. The maximum absolute atomic E-state index is 11.6. The van der Waals surface area contributed by atoms with Gasteiger partial charge in [-0.25, -0.2) is 4.79 Å². The van der Waals surface area contributed by atoms with Crippen LogP contribution in [0.1, 0.15) is 81.3 Å². The molecule has 0 aromatic heterocycles. The lowest BCUT2D eigenvalue weighted by Crippen LogP contribution is -2.31. The summed E-state index contributed by atoms with van der Waals surface area (Å²) >= 11 is 0. The Labute approximate surface area is 151 Å². The van der Waals surface area contributed by atoms with Crippen molar-refractivity contribution >= 4 is 12.0 Å². The maximum atomic E-state index is 11.6. The van der Waals surface area contributed by atoms with Gasteiger partial charge < -0.3 is 9.84 Å². The predicted molar refractivity (Wildman–Crippen MR) is 103 cm³/mol. The molecule has 1 heterocycles. The van der Waals surface area contributed by atoms with Crippen molar-refractivity contribution in [3.05, 3.63) is 46.5 Å². The number of carboxylic acid groups (broad SMARTS) is 1. The highest BCUT2D eigenvalue weighted by Gasteiger charge is 2.28. The van der Waals surface area contributed by atoms with Gasteiger partial charge in [0.15, 0.2) is 0 Å². The van der Waals surface area contributed by atoms with Crippen LogP contribution in [0.15, 0.2) is 29.9 Å². The monoisotopic (exact) mass is 342 g/mol. The molecule has 3 heteroatoms. The number of hydrogen-bond donors (Lipinski definition) is 1. The van der Waals surface area contributed by atoms with Crippen LogP contribution in [0.4, 0.5) is 0 Å². The van der Waals surface area contributed by atoms with Gasteiger partial charge in [0.05, 0.1) is 5.56 Å². The Morgan fingerprint density at radius 1 is 1.28 bits per heavy atom. The molecule has 1 aliphatic heterocycles. The first kappa shape index (κ1) is 19.3. The number of carboxylic acids is 1. The van der Waals surface area contributed by atoms with E-state index in [0.717, 1.165) is 55.4 Å². The highest BCUT2D eigenvalue weighted by atomic mass is 16.5. The van der Waals surface area contributed by atoms with Crippen molar-refractivity contribution < 1.29 is 14.6 Å². The van der Waals surface area contributed by atoms with Crippen molar-refractivity contribution in [3.8, 4) is 5.75 Å². The summed E-state index contributed by atoms with van der Waals surface area (Å²) in [6, 6.07) is 3.70. The van der Waals surface area contributed by atoms with E-state index in [1.54, 1.807) is 6.07 Å². The number of carbonyl (C=O) groups is 1. The molecule has 1 unspecified atom stereocenters. The smallest absolute Gasteiger partial charge is 0.335 e. The van der Waals surface area contributed by atoms with Gasteiger partial charge >= 0.3 is 5.97 Å². The van der Waals surface area contributed by atoms with E-state index in [2.05, 4.69) is 39.8 Å². The number of ether oxygens (including phenoxy) is 1. The van der Waals surface area contributed by atoms with Crippen LogP contribution < -0.4 is 4.74 Å². The fourth-order valence-corrected chi connectivity index (χ4v) is 3.16. The second kappa shape index (κ2) is 8.37. The second-order valence-electron chi connectivity index (χ2n) is 7.38. The lowest BCUT2D eigenvalue weighted by atomic mass is 9.92. The van der Waals surface area contributed by atoms with E-state index in [9.17, 15) is 9.90 Å². The normalized spacial score (nSPS) is 18.4. The zero-order valence-electron chi connectivity index (χ0n) is 15.9. The van der Waals surface area contributed by atoms with E-state index in [1.807, 2.05) is 12.1 Å². The topological polar surface area (TPSA) is 46.5 Å². The molecule has 3 nitrogen and oxygen atoms in total. The van der Waals surface area contributed by atoms with E-state index in [-0.39, 0.29) is 5.60 Å². The number of hydrogen-bond acceptors (Lipinski definition) is 2. The van der Waals surface area contributed by atoms with E-state index in [4.69, 9.17) is 4.74 Å². The van der Waals surface area contributed by atoms with Crippen molar-refractivity contribution in [3.63, 3.8) is 0 Å². The predicted octanol–water partition coefficient (Wildman–Crippen LogP) is 6.03. The number of aryl methyl sites for hydroxylation is 1. The van der Waals surface area contributed by atoms with Gasteiger partial charge in [-0.2, -0.15) is 0 Å². The van der Waals surface area contributed by atoms with Gasteiger partial charge in [-0.3, -0.25) is 0 Å². The number of rotatable bonds is 8. The molecule has 0 saturated heterocycles. The van der Waals surface area contributed by atoms with Gasteiger partial charge in [0.2, 0.25) is 0 Å². The van der Waals surface area contributed by atoms with Crippen LogP contribution in [0.2, 0.25) is 0 Å². The summed E-state index contributed by atoms with van der Waals surface area (Å²) in [5.41, 5.74) is 3.10. The molecule has 1 aliphatic rings. The number of benzene rings is 1. The summed E-state index contributed by atoms with van der Waals surface area (Å²) in [5.74, 6) is -0.0571. The Kier molecular flexibility index (Phi) is 6.46. The first-order valence-electron chi connectivity index (χ1n) is 9.26. The van der Waals surface area contributed by atoms with Crippen molar-refractivity contribution in [2.75, 3.05) is 0 Å². The van der Waals surface area contributed by atoms with Crippen molar-refractivity contribution in [1.82, 2.24) is 0 Å². The molecule has 0 radical (unpaired) electrons. The van der Waals surface area contributed by atoms with E-state index in [0.29, 0.717) is 5.56 Å². The first-order valence-corrected chi connectivity index (χ1v) is 9.26. The molecule has 0 saturated carbocycles. The lowest BCUT2D eigenvalue weighted by molar-refractivity contribution is 0.0695. The van der Waals surface area contributed by atoms with Crippen LogP contribution in [-0.2, 0) is 6.42 Å². The fourth-order valence-electron chi connectivity index (χ4n) is 3.16. The number of allylic oxidation sites excluding steroid dienone is 2. The zero-order chi connectivity index (χ0) is 18.4. The largest absolute Gasteiger partial charge is 0.483 e. The van der Waals surface area contributed by atoms with E-state index >= 15 is 0 Å². The third-order valence-corrected chi connectivity index (χ3v) is 4.67. The minimum Gasteiger partial charge on any atom is -0.483 e. The second-order valence-corrected chi connectivity index (χ2v) is 7.38. The minimum absolute atomic E-state index is 0.343. The standard InChI is InChI=1S/C22H30O3/c1-5-6-7-10-17-15-20-18(14-19(17)21(23)24)11-13-22(4,25-20)12-8-9-16(2)3/h9,11,13-15H,5-8,10,12H2,1-4H3,(H,23,24). The van der Waals surface area contributed by atoms with E-state index in [1.165, 1.54) is 5.57 Å². The lowest BCUT2D eigenvalue weighted by Gasteiger charge is -2.32. The van der Waals surface area contributed by atoms with Crippen molar-refractivity contribution in [1.29, 1.82) is 0 Å². The molecule has 0 spiro atoms. The van der Waals surface area contributed by atoms with Crippen LogP contribution in [0, 0.1) is 0 Å². The molecule has 0 fully saturated rings. The van der Waals surface area contributed by atoms with Crippen LogP contribution in [0.5, 0.6) is 5.75 Å². The highest BCUT2D eigenvalue weighted by molar-refractivity contribution is 5.91. The van der Waals surface area contributed by atoms with E-state index < -0.39 is 5.97 Å². The van der Waals surface area contributed by atoms with Gasteiger partial charge in [0, 0.05) is 5.56 Å². The Bertz CT molecular complexity index is 681. The summed E-state index contributed by atoms with van der Waals surface area (Å²) in [4.78, 5) is 11.6. The molecule has 25 heavy (non-hydrogen) atoms. The van der Waals surface area contributed by atoms with Gasteiger partial charge in [-0.15, -0.1) is 0 Å². The molecule has 0 aliphatic carbocycles. The Morgan fingerprint density at radius 2 is 2.04 bits per heavy atom. The summed E-state index contributed by atoms with van der Waals surface area (Å²) < 4.78 is 6.27. The molecule has 136 valence electrons. The average Bonchev–Trinajstić information content (AvgIpc) is 2.53. The van der Waals surface area contributed by atoms with Crippen molar-refractivity contribution in [2.24, 2.45) is 0 Å². The quantitative estimate of drug-likeness (QED) is 0.463. The van der Waals surface area contributed by atoms with Crippen LogP contribution in [0.25, 0.3) is 6.08 Å². The molecule has 1 atom stereocenters. The molecular weight excluding hydrogens is 312 g/mol. The van der Waals surface area contributed by atoms with Crippen LogP contribution >= 0.6 is 0 Å². The Morgan fingerprint density at radius 3 is 2.68 bits per heavy atom. The first-order chi connectivity index (χ1) is 11.8. The molecule has 1 aromatic rings. The van der Waals surface area contributed by atoms with Crippen LogP contribution in [0.3, 0.4) is 0 Å². The number of aromatic carboxylic acids is 1. The van der Waals surface area contributed by atoms with Crippen molar-refractivity contribution in [2.45, 2.75) is 71.8 Å². The SMILES string of the molecule is CCCCCc1cc2c(cc1C(=O)O)C=CC(C)(CCC=C(C)C)O2. The van der Waals surface area contributed by atoms with Gasteiger partial charge in [0.25, 0.3) is 0 Å². The molecule has 0 amide bonds. The summed E-state index contributed by atoms with van der Waals surface area (Å²) in [7, 11) is 0. The molecule has 2 rings (SSSR count). The number of unbranched alkanes of at least 4 members (excludes halogenated alkanes) is 2. The summed E-state index contributed by atoms with van der Waals surface area (Å²) in [6.07, 6.45) is 12.2. The van der Waals surface area contributed by atoms with Gasteiger partial charge in [-0.05, 0) is 70.2 Å². The summed E-state index contributed by atoms with van der Waals surface area (Å²) in [6.45, 7) is 8.44. The Balaban J connectivity index is 2.24. The van der Waals surface area contributed by atoms with Gasteiger partial charge in [0.1, 0.15) is 11.4 Å². The third kappa shape index (κ3) is 5.22. The average molecular weight is 342 g/mol. The summed E-state index contributed by atoms with van der Waals surface area (Å²) in [5, 5.41) is 9.52. The maximum Gasteiger partial charge on any atom is 0.335 e. The van der Waals surface area contributed by atoms with Gasteiger partial charge in [-0.1, -0.05) is 37.5 Å². The molecule has 0 bridgehead atoms. The Hall–Kier alpha value is -2.03. The molecule has 1 aromatic carbocycles. The highest BCUT2D eigenvalue weighted by Crippen LogP contribution is 2.36. The number of fused-ring (bicyclic) bond motifs is 1. The minimum atomic E-state index is -0.861.